The molecule has 0 aliphatic carbocycles. The topological polar surface area (TPSA) is 67.4 Å². The molecule has 2 rings (SSSR count). The maximum atomic E-state index is 11.9. The van der Waals surface area contributed by atoms with Crippen LogP contribution in [0.25, 0.3) is 0 Å². The van der Waals surface area contributed by atoms with Crippen LogP contribution in [0.4, 0.5) is 0 Å². The van der Waals surface area contributed by atoms with Crippen LogP contribution < -0.4 is 15.6 Å². The van der Waals surface area contributed by atoms with Gasteiger partial charge in [0.15, 0.2) is 6.61 Å². The van der Waals surface area contributed by atoms with Crippen LogP contribution in [0.5, 0.6) is 5.75 Å². The zero-order valence-corrected chi connectivity index (χ0v) is 14.6. The fourth-order valence-corrected chi connectivity index (χ4v) is 2.52. The standard InChI is InChI=1S/C16H14BrClN2O3/c1-10-4-2-3-5-12(10)16(22)20-19-15(21)9-23-14-7-6-11(17)8-13(14)18/h2-8H,9H2,1H3,(H,19,21)(H,20,22). The molecule has 0 aromatic heterocycles. The van der Waals surface area contributed by atoms with Gasteiger partial charge in [-0.1, -0.05) is 45.7 Å². The Morgan fingerprint density at radius 3 is 2.61 bits per heavy atom. The zero-order chi connectivity index (χ0) is 16.8. The van der Waals surface area contributed by atoms with Crippen LogP contribution in [0, 0.1) is 6.92 Å². The predicted octanol–water partition coefficient (Wildman–Crippen LogP) is 3.25. The quantitative estimate of drug-likeness (QED) is 0.778. The molecule has 0 unspecified atom stereocenters. The first-order valence-corrected chi connectivity index (χ1v) is 7.87. The van der Waals surface area contributed by atoms with Crippen LogP contribution in [0.2, 0.25) is 5.02 Å². The number of amides is 2. The Morgan fingerprint density at radius 2 is 1.91 bits per heavy atom. The number of halogens is 2. The first kappa shape index (κ1) is 17.3. The van der Waals surface area contributed by atoms with Crippen LogP contribution in [0.1, 0.15) is 15.9 Å². The molecule has 2 amide bonds. The summed E-state index contributed by atoms with van der Waals surface area (Å²) in [5, 5.41) is 0.385. The second-order valence-corrected chi connectivity index (χ2v) is 6.00. The fraction of sp³-hybridized carbons (Fsp3) is 0.125. The van der Waals surface area contributed by atoms with Crippen molar-refractivity contribution in [2.45, 2.75) is 6.92 Å². The molecule has 0 saturated heterocycles. The van der Waals surface area contributed by atoms with Crippen molar-refractivity contribution in [3.05, 3.63) is 63.1 Å². The molecule has 7 heteroatoms. The lowest BCUT2D eigenvalue weighted by Gasteiger charge is -2.10. The smallest absolute Gasteiger partial charge is 0.276 e. The molecule has 0 aliphatic rings. The first-order chi connectivity index (χ1) is 11.0. The van der Waals surface area contributed by atoms with Gasteiger partial charge in [0.2, 0.25) is 0 Å². The molecule has 0 atom stereocenters. The summed E-state index contributed by atoms with van der Waals surface area (Å²) in [6.45, 7) is 1.55. The van der Waals surface area contributed by atoms with E-state index in [-0.39, 0.29) is 6.61 Å². The van der Waals surface area contributed by atoms with Crippen molar-refractivity contribution >= 4 is 39.3 Å². The molecule has 2 aromatic rings. The Bertz CT molecular complexity index is 737. The maximum Gasteiger partial charge on any atom is 0.276 e. The summed E-state index contributed by atoms with van der Waals surface area (Å²) in [6.07, 6.45) is 0. The van der Waals surface area contributed by atoms with Gasteiger partial charge in [-0.25, -0.2) is 0 Å². The van der Waals surface area contributed by atoms with Crippen LogP contribution in [-0.2, 0) is 4.79 Å². The number of carbonyl (C=O) groups is 2. The maximum absolute atomic E-state index is 11.9. The van der Waals surface area contributed by atoms with Crippen LogP contribution >= 0.6 is 27.5 Å². The number of benzene rings is 2. The minimum absolute atomic E-state index is 0.268. The zero-order valence-electron chi connectivity index (χ0n) is 12.2. The van der Waals surface area contributed by atoms with E-state index in [1.54, 1.807) is 30.3 Å². The Labute approximate surface area is 147 Å². The van der Waals surface area contributed by atoms with Gasteiger partial charge in [0.1, 0.15) is 5.75 Å². The normalized spacial score (nSPS) is 10.0. The highest BCUT2D eigenvalue weighted by Crippen LogP contribution is 2.27. The molecule has 0 bridgehead atoms. The minimum Gasteiger partial charge on any atom is -0.482 e. The van der Waals surface area contributed by atoms with E-state index in [1.165, 1.54) is 0 Å². The first-order valence-electron chi connectivity index (χ1n) is 6.70. The second kappa shape index (κ2) is 7.99. The lowest BCUT2D eigenvalue weighted by atomic mass is 10.1. The molecule has 0 radical (unpaired) electrons. The van der Waals surface area contributed by atoms with Gasteiger partial charge in [0.05, 0.1) is 5.02 Å². The average molecular weight is 398 g/mol. The number of rotatable bonds is 4. The highest BCUT2D eigenvalue weighted by Gasteiger charge is 2.10. The van der Waals surface area contributed by atoms with Crippen molar-refractivity contribution in [3.8, 4) is 5.75 Å². The summed E-state index contributed by atoms with van der Waals surface area (Å²) >= 11 is 9.26. The van der Waals surface area contributed by atoms with Crippen LogP contribution in [-0.4, -0.2) is 18.4 Å². The second-order valence-electron chi connectivity index (χ2n) is 4.68. The lowest BCUT2D eigenvalue weighted by Crippen LogP contribution is -2.44. The lowest BCUT2D eigenvalue weighted by molar-refractivity contribution is -0.123. The fourth-order valence-electron chi connectivity index (χ4n) is 1.79. The molecule has 23 heavy (non-hydrogen) atoms. The van der Waals surface area contributed by atoms with Crippen molar-refractivity contribution in [3.63, 3.8) is 0 Å². The third-order valence-electron chi connectivity index (χ3n) is 2.96. The molecular formula is C16H14BrClN2O3. The average Bonchev–Trinajstić information content (AvgIpc) is 2.52. The highest BCUT2D eigenvalue weighted by atomic mass is 79.9. The SMILES string of the molecule is Cc1ccccc1C(=O)NNC(=O)COc1ccc(Br)cc1Cl. The van der Waals surface area contributed by atoms with Crippen molar-refractivity contribution in [2.24, 2.45) is 0 Å². The van der Waals surface area contributed by atoms with E-state index in [0.29, 0.717) is 16.3 Å². The molecule has 5 nitrogen and oxygen atoms in total. The monoisotopic (exact) mass is 396 g/mol. The van der Waals surface area contributed by atoms with Gasteiger partial charge < -0.3 is 4.74 Å². The number of carbonyl (C=O) groups excluding carboxylic acids is 2. The number of aryl methyl sites for hydroxylation is 1. The predicted molar refractivity (Wildman–Crippen MR) is 91.4 cm³/mol. The number of hydrogen-bond acceptors (Lipinski definition) is 3. The van der Waals surface area contributed by atoms with E-state index >= 15 is 0 Å². The van der Waals surface area contributed by atoms with Crippen molar-refractivity contribution in [1.29, 1.82) is 0 Å². The molecule has 0 saturated carbocycles. The molecule has 120 valence electrons. The van der Waals surface area contributed by atoms with E-state index in [1.807, 2.05) is 19.1 Å². The Balaban J connectivity index is 1.83. The summed E-state index contributed by atoms with van der Waals surface area (Å²) < 4.78 is 6.11. The third-order valence-corrected chi connectivity index (χ3v) is 3.75. The van der Waals surface area contributed by atoms with Crippen molar-refractivity contribution in [2.75, 3.05) is 6.61 Å². The highest BCUT2D eigenvalue weighted by molar-refractivity contribution is 9.10. The summed E-state index contributed by atoms with van der Waals surface area (Å²) in [6, 6.07) is 12.1. The summed E-state index contributed by atoms with van der Waals surface area (Å²) in [5.74, 6) is -0.501. The van der Waals surface area contributed by atoms with Crippen molar-refractivity contribution in [1.82, 2.24) is 10.9 Å². The van der Waals surface area contributed by atoms with Gasteiger partial charge in [-0.3, -0.25) is 20.4 Å². The number of hydrogen-bond donors (Lipinski definition) is 2. The molecular weight excluding hydrogens is 384 g/mol. The van der Waals surface area contributed by atoms with Gasteiger partial charge in [0.25, 0.3) is 11.8 Å². The summed E-state index contributed by atoms with van der Waals surface area (Å²) in [5.41, 5.74) is 5.94. The minimum atomic E-state index is -0.495. The van der Waals surface area contributed by atoms with Crippen LogP contribution in [0.15, 0.2) is 46.9 Å². The van der Waals surface area contributed by atoms with Gasteiger partial charge in [0, 0.05) is 10.0 Å². The molecule has 0 fully saturated rings. The molecule has 2 aromatic carbocycles. The van der Waals surface area contributed by atoms with Gasteiger partial charge in [-0.2, -0.15) is 0 Å². The van der Waals surface area contributed by atoms with Gasteiger partial charge >= 0.3 is 0 Å². The number of ether oxygens (including phenoxy) is 1. The van der Waals surface area contributed by atoms with E-state index in [0.717, 1.165) is 10.0 Å². The Kier molecular flexibility index (Phi) is 6.01. The van der Waals surface area contributed by atoms with Crippen molar-refractivity contribution < 1.29 is 14.3 Å². The molecule has 0 spiro atoms. The van der Waals surface area contributed by atoms with E-state index in [2.05, 4.69) is 26.8 Å². The third kappa shape index (κ3) is 4.97. The van der Waals surface area contributed by atoms with E-state index in [9.17, 15) is 9.59 Å². The summed E-state index contributed by atoms with van der Waals surface area (Å²) in [4.78, 5) is 23.7. The number of hydrazine groups is 1. The summed E-state index contributed by atoms with van der Waals surface area (Å²) in [7, 11) is 0. The van der Waals surface area contributed by atoms with E-state index < -0.39 is 11.8 Å². The molecule has 0 heterocycles. The van der Waals surface area contributed by atoms with E-state index in [4.69, 9.17) is 16.3 Å². The molecule has 2 N–H and O–H groups in total. The Hall–Kier alpha value is -2.05. The van der Waals surface area contributed by atoms with Gasteiger partial charge in [-0.05, 0) is 36.8 Å². The number of nitrogens with one attached hydrogen (secondary N) is 2. The molecule has 0 aliphatic heterocycles. The largest absolute Gasteiger partial charge is 0.482 e. The van der Waals surface area contributed by atoms with Crippen LogP contribution in [0.3, 0.4) is 0 Å². The Morgan fingerprint density at radius 1 is 1.17 bits per heavy atom. The van der Waals surface area contributed by atoms with Gasteiger partial charge in [-0.15, -0.1) is 0 Å².